The molecule has 0 unspecified atom stereocenters. The zero-order valence-electron chi connectivity index (χ0n) is 14.0. The van der Waals surface area contributed by atoms with Crippen LogP contribution in [0.25, 0.3) is 11.1 Å². The number of carbonyl (C=O) groups excluding carboxylic acids is 2. The molecule has 0 heterocycles. The molecule has 0 aliphatic carbocycles. The summed E-state index contributed by atoms with van der Waals surface area (Å²) in [4.78, 5) is 23.1. The summed E-state index contributed by atoms with van der Waals surface area (Å²) in [6.07, 6.45) is 0.517. The number of esters is 1. The maximum Gasteiger partial charge on any atom is 0.349 e. The number of ether oxygens (including phenoxy) is 2. The highest BCUT2D eigenvalue weighted by Gasteiger charge is 2.15. The minimum atomic E-state index is -0.686. The zero-order valence-corrected chi connectivity index (χ0v) is 15.5. The van der Waals surface area contributed by atoms with Gasteiger partial charge in [-0.1, -0.05) is 65.7 Å². The third-order valence-electron chi connectivity index (χ3n) is 3.70. The zero-order chi connectivity index (χ0) is 19.2. The van der Waals surface area contributed by atoms with Gasteiger partial charge in [0.25, 0.3) is 0 Å². The molecule has 0 radical (unpaired) electrons. The van der Waals surface area contributed by atoms with Gasteiger partial charge in [0.05, 0.1) is 10.6 Å². The van der Waals surface area contributed by atoms with Gasteiger partial charge in [0.15, 0.2) is 18.6 Å². The van der Waals surface area contributed by atoms with E-state index < -0.39 is 5.97 Å². The summed E-state index contributed by atoms with van der Waals surface area (Å²) in [6, 6.07) is 20.0. The van der Waals surface area contributed by atoms with Crippen molar-refractivity contribution in [1.82, 2.24) is 0 Å². The lowest BCUT2D eigenvalue weighted by atomic mass is 10.1. The number of rotatable bonds is 6. The van der Waals surface area contributed by atoms with Crippen molar-refractivity contribution in [3.05, 3.63) is 82.3 Å². The van der Waals surface area contributed by atoms with E-state index in [-0.39, 0.29) is 28.0 Å². The molecule has 0 bridgehead atoms. The summed E-state index contributed by atoms with van der Waals surface area (Å²) in [7, 11) is 0. The molecule has 0 N–H and O–H groups in total. The van der Waals surface area contributed by atoms with E-state index in [1.807, 2.05) is 42.5 Å². The monoisotopic (exact) mass is 400 g/mol. The summed E-state index contributed by atoms with van der Waals surface area (Å²) >= 11 is 11.8. The Morgan fingerprint density at radius 2 is 1.59 bits per heavy atom. The van der Waals surface area contributed by atoms with Gasteiger partial charge < -0.3 is 9.47 Å². The van der Waals surface area contributed by atoms with Gasteiger partial charge in [-0.3, -0.25) is 4.79 Å². The van der Waals surface area contributed by atoms with E-state index in [2.05, 4.69) is 0 Å². The van der Waals surface area contributed by atoms with Gasteiger partial charge in [-0.2, -0.15) is 0 Å². The summed E-state index contributed by atoms with van der Waals surface area (Å²) in [5.41, 5.74) is 2.21. The van der Waals surface area contributed by atoms with Crippen LogP contribution in [0.5, 0.6) is 11.5 Å². The number of benzene rings is 3. The molecular weight excluding hydrogens is 387 g/mol. The molecule has 136 valence electrons. The summed E-state index contributed by atoms with van der Waals surface area (Å²) in [5.74, 6) is -0.206. The van der Waals surface area contributed by atoms with Gasteiger partial charge in [-0.05, 0) is 35.4 Å². The first-order valence-corrected chi connectivity index (χ1v) is 8.75. The highest BCUT2D eigenvalue weighted by Crippen LogP contribution is 2.31. The van der Waals surface area contributed by atoms with E-state index in [4.69, 9.17) is 32.7 Å². The van der Waals surface area contributed by atoms with Gasteiger partial charge in [-0.15, -0.1) is 0 Å². The van der Waals surface area contributed by atoms with E-state index in [9.17, 15) is 9.59 Å². The van der Waals surface area contributed by atoms with Crippen molar-refractivity contribution in [2.75, 3.05) is 6.61 Å². The first-order chi connectivity index (χ1) is 13.1. The molecule has 3 rings (SSSR count). The van der Waals surface area contributed by atoms with Crippen molar-refractivity contribution < 1.29 is 19.1 Å². The van der Waals surface area contributed by atoms with Crippen molar-refractivity contribution in [2.45, 2.75) is 0 Å². The van der Waals surface area contributed by atoms with Crippen LogP contribution in [-0.4, -0.2) is 18.9 Å². The Hall–Kier alpha value is -2.82. The van der Waals surface area contributed by atoms with Gasteiger partial charge >= 0.3 is 5.97 Å². The fourth-order valence-electron chi connectivity index (χ4n) is 2.44. The Bertz CT molecular complexity index is 954. The molecule has 3 aromatic rings. The molecule has 0 spiro atoms. The second-order valence-corrected chi connectivity index (χ2v) is 6.42. The number of aldehydes is 1. The lowest BCUT2D eigenvalue weighted by molar-refractivity contribution is -0.136. The Morgan fingerprint density at radius 1 is 0.926 bits per heavy atom. The number of hydrogen-bond donors (Lipinski definition) is 0. The highest BCUT2D eigenvalue weighted by atomic mass is 35.5. The minimum Gasteiger partial charge on any atom is -0.482 e. The van der Waals surface area contributed by atoms with Gasteiger partial charge in [-0.25, -0.2) is 4.79 Å². The van der Waals surface area contributed by atoms with Crippen LogP contribution in [0.1, 0.15) is 10.4 Å². The molecule has 0 aromatic heterocycles. The Morgan fingerprint density at radius 3 is 2.26 bits per heavy atom. The molecule has 0 atom stereocenters. The molecule has 27 heavy (non-hydrogen) atoms. The topological polar surface area (TPSA) is 52.6 Å². The maximum absolute atomic E-state index is 12.0. The fraction of sp³-hybridized carbons (Fsp3) is 0.0476. The molecule has 3 aromatic carbocycles. The Balaban J connectivity index is 1.62. The molecule has 0 aliphatic heterocycles. The van der Waals surface area contributed by atoms with Gasteiger partial charge in [0.1, 0.15) is 5.75 Å². The number of carbonyl (C=O) groups is 2. The Labute approximate surface area is 166 Å². The molecule has 4 nitrogen and oxygen atoms in total. The predicted octanol–water partition coefficient (Wildman–Crippen LogP) is 5.46. The van der Waals surface area contributed by atoms with Crippen molar-refractivity contribution in [1.29, 1.82) is 0 Å². The average Bonchev–Trinajstić information content (AvgIpc) is 2.69. The van der Waals surface area contributed by atoms with Crippen LogP contribution in [0.3, 0.4) is 0 Å². The third kappa shape index (κ3) is 4.88. The van der Waals surface area contributed by atoms with E-state index >= 15 is 0 Å². The quantitative estimate of drug-likeness (QED) is 0.313. The molecule has 0 aliphatic rings. The van der Waals surface area contributed by atoms with Crippen LogP contribution in [0.2, 0.25) is 10.0 Å². The first kappa shape index (κ1) is 19.0. The SMILES string of the molecule is O=Cc1cc(Cl)cc(Cl)c1OC(=O)COc1ccc(-c2ccccc2)cc1. The summed E-state index contributed by atoms with van der Waals surface area (Å²) in [5, 5.41) is 0.349. The lowest BCUT2D eigenvalue weighted by Crippen LogP contribution is -2.18. The molecule has 6 heteroatoms. The van der Waals surface area contributed by atoms with E-state index in [1.54, 1.807) is 12.1 Å². The second kappa shape index (κ2) is 8.71. The van der Waals surface area contributed by atoms with Crippen LogP contribution in [0, 0.1) is 0 Å². The van der Waals surface area contributed by atoms with Gasteiger partial charge in [0, 0.05) is 5.02 Å². The van der Waals surface area contributed by atoms with E-state index in [0.29, 0.717) is 12.0 Å². The molecule has 0 saturated carbocycles. The van der Waals surface area contributed by atoms with Crippen LogP contribution in [-0.2, 0) is 4.79 Å². The van der Waals surface area contributed by atoms with Crippen molar-refractivity contribution in [2.24, 2.45) is 0 Å². The largest absolute Gasteiger partial charge is 0.482 e. The van der Waals surface area contributed by atoms with E-state index in [0.717, 1.165) is 11.1 Å². The normalized spacial score (nSPS) is 10.3. The molecule has 0 amide bonds. The molecule has 0 fully saturated rings. The smallest absolute Gasteiger partial charge is 0.349 e. The van der Waals surface area contributed by atoms with Crippen LogP contribution in [0.4, 0.5) is 0 Å². The molecule has 0 saturated heterocycles. The summed E-state index contributed by atoms with van der Waals surface area (Å²) < 4.78 is 10.6. The number of halogens is 2. The maximum atomic E-state index is 12.0. The Kier molecular flexibility index (Phi) is 6.12. The van der Waals surface area contributed by atoms with Crippen molar-refractivity contribution >= 4 is 35.5 Å². The van der Waals surface area contributed by atoms with E-state index in [1.165, 1.54) is 12.1 Å². The highest BCUT2D eigenvalue weighted by molar-refractivity contribution is 6.36. The lowest BCUT2D eigenvalue weighted by Gasteiger charge is -2.10. The van der Waals surface area contributed by atoms with Crippen LogP contribution in [0.15, 0.2) is 66.7 Å². The predicted molar refractivity (Wildman–Crippen MR) is 105 cm³/mol. The fourth-order valence-corrected chi connectivity index (χ4v) is 2.98. The van der Waals surface area contributed by atoms with Crippen molar-refractivity contribution in [3.8, 4) is 22.6 Å². The van der Waals surface area contributed by atoms with Crippen molar-refractivity contribution in [3.63, 3.8) is 0 Å². The minimum absolute atomic E-state index is 0.0379. The number of hydrogen-bond acceptors (Lipinski definition) is 4. The van der Waals surface area contributed by atoms with Crippen LogP contribution < -0.4 is 9.47 Å². The first-order valence-electron chi connectivity index (χ1n) is 8.00. The standard InChI is InChI=1S/C21H14Cl2O4/c22-17-10-16(12-24)21(19(23)11-17)27-20(25)13-26-18-8-6-15(7-9-18)14-4-2-1-3-5-14/h1-12H,13H2. The van der Waals surface area contributed by atoms with Gasteiger partial charge in [0.2, 0.25) is 0 Å². The summed E-state index contributed by atoms with van der Waals surface area (Å²) in [6.45, 7) is -0.331. The third-order valence-corrected chi connectivity index (χ3v) is 4.20. The second-order valence-electron chi connectivity index (χ2n) is 5.58. The molecular formula is C21H14Cl2O4. The average molecular weight is 401 g/mol. The van der Waals surface area contributed by atoms with Crippen LogP contribution >= 0.6 is 23.2 Å².